The normalized spacial score (nSPS) is 16.9. The number of ether oxygens (including phenoxy) is 1. The summed E-state index contributed by atoms with van der Waals surface area (Å²) in [5.41, 5.74) is 2.39. The van der Waals surface area contributed by atoms with Gasteiger partial charge in [-0.2, -0.15) is 5.10 Å². The number of nitrogens with zero attached hydrogens (tertiary/aromatic N) is 3. The van der Waals surface area contributed by atoms with Gasteiger partial charge in [0.15, 0.2) is 0 Å². The molecule has 1 atom stereocenters. The molecule has 2 aromatic rings. The molecule has 2 heterocycles. The third-order valence-electron chi connectivity index (χ3n) is 4.68. The summed E-state index contributed by atoms with van der Waals surface area (Å²) in [6.07, 6.45) is 1.95. The average molecular weight is 370 g/mol. The van der Waals surface area contributed by atoms with Crippen LogP contribution in [0.25, 0.3) is 0 Å². The average Bonchev–Trinajstić information content (AvgIpc) is 3.18. The van der Waals surface area contributed by atoms with Crippen LogP contribution in [0.1, 0.15) is 32.9 Å². The number of hydrogen-bond donors (Lipinski definition) is 1. The number of hydrogen-bond acceptors (Lipinski definition) is 4. The summed E-state index contributed by atoms with van der Waals surface area (Å²) in [5.74, 6) is 0.185. The molecule has 144 valence electrons. The van der Waals surface area contributed by atoms with Gasteiger partial charge in [-0.05, 0) is 52.0 Å². The van der Waals surface area contributed by atoms with E-state index in [9.17, 15) is 9.59 Å². The highest BCUT2D eigenvalue weighted by Crippen LogP contribution is 2.28. The fourth-order valence-electron chi connectivity index (χ4n) is 3.23. The van der Waals surface area contributed by atoms with E-state index < -0.39 is 0 Å². The van der Waals surface area contributed by atoms with Crippen molar-refractivity contribution < 1.29 is 14.3 Å². The van der Waals surface area contributed by atoms with E-state index in [1.165, 1.54) is 0 Å². The van der Waals surface area contributed by atoms with E-state index in [4.69, 9.17) is 4.74 Å². The van der Waals surface area contributed by atoms with Gasteiger partial charge in [-0.3, -0.25) is 14.3 Å². The number of rotatable bonds is 6. The van der Waals surface area contributed by atoms with E-state index in [0.29, 0.717) is 12.2 Å². The Balaban J connectivity index is 1.65. The first-order valence-corrected chi connectivity index (χ1v) is 9.29. The van der Waals surface area contributed by atoms with Crippen molar-refractivity contribution in [3.63, 3.8) is 0 Å². The molecule has 1 unspecified atom stereocenters. The van der Waals surface area contributed by atoms with Crippen molar-refractivity contribution >= 4 is 23.2 Å². The second kappa shape index (κ2) is 7.82. The minimum absolute atomic E-state index is 0.0475. The van der Waals surface area contributed by atoms with Crippen LogP contribution in [-0.4, -0.2) is 34.2 Å². The van der Waals surface area contributed by atoms with Crippen molar-refractivity contribution in [1.82, 2.24) is 9.78 Å². The third-order valence-corrected chi connectivity index (χ3v) is 4.68. The van der Waals surface area contributed by atoms with Crippen molar-refractivity contribution in [3.05, 3.63) is 36.2 Å². The Morgan fingerprint density at radius 3 is 2.63 bits per heavy atom. The number of anilines is 2. The number of amides is 2. The maximum Gasteiger partial charge on any atom is 0.229 e. The van der Waals surface area contributed by atoms with Crippen molar-refractivity contribution in [2.24, 2.45) is 5.92 Å². The quantitative estimate of drug-likeness (QED) is 0.848. The van der Waals surface area contributed by atoms with E-state index in [1.54, 1.807) is 11.1 Å². The van der Waals surface area contributed by atoms with Gasteiger partial charge in [0.05, 0.1) is 29.6 Å². The number of carbonyl (C=O) groups is 2. The summed E-state index contributed by atoms with van der Waals surface area (Å²) >= 11 is 0. The molecular formula is C20H26N4O3. The predicted molar refractivity (Wildman–Crippen MR) is 104 cm³/mol. The molecule has 1 fully saturated rings. The zero-order valence-corrected chi connectivity index (χ0v) is 16.2. The molecule has 1 aliphatic heterocycles. The standard InChI is InChI=1S/C20H26N4O3/c1-5-24-14(4)18(11-21-24)22-20(26)15-10-19(25)23(12-15)16-6-8-17(9-7-16)27-13(2)3/h6-9,11,13,15H,5,10,12H2,1-4H3,(H,22,26). The summed E-state index contributed by atoms with van der Waals surface area (Å²) in [7, 11) is 0. The molecule has 1 aromatic carbocycles. The number of aromatic nitrogens is 2. The number of aryl methyl sites for hydroxylation is 1. The zero-order chi connectivity index (χ0) is 19.6. The van der Waals surface area contributed by atoms with Crippen LogP contribution < -0.4 is 15.0 Å². The lowest BCUT2D eigenvalue weighted by Gasteiger charge is -2.18. The van der Waals surface area contributed by atoms with E-state index in [2.05, 4.69) is 10.4 Å². The molecule has 1 saturated heterocycles. The molecule has 1 aliphatic rings. The molecule has 0 saturated carbocycles. The first-order chi connectivity index (χ1) is 12.9. The third kappa shape index (κ3) is 4.13. The van der Waals surface area contributed by atoms with E-state index in [-0.39, 0.29) is 30.3 Å². The molecule has 0 aliphatic carbocycles. The van der Waals surface area contributed by atoms with Crippen LogP contribution >= 0.6 is 0 Å². The smallest absolute Gasteiger partial charge is 0.229 e. The molecule has 7 nitrogen and oxygen atoms in total. The highest BCUT2D eigenvalue weighted by atomic mass is 16.5. The summed E-state index contributed by atoms with van der Waals surface area (Å²) in [5, 5.41) is 7.14. The van der Waals surface area contributed by atoms with Gasteiger partial charge in [0.1, 0.15) is 5.75 Å². The monoisotopic (exact) mass is 370 g/mol. The van der Waals surface area contributed by atoms with Crippen LogP contribution in [0.2, 0.25) is 0 Å². The molecule has 0 spiro atoms. The van der Waals surface area contributed by atoms with Crippen LogP contribution in [0.15, 0.2) is 30.5 Å². The van der Waals surface area contributed by atoms with Crippen LogP contribution in [-0.2, 0) is 16.1 Å². The van der Waals surface area contributed by atoms with E-state index >= 15 is 0 Å². The second-order valence-corrected chi connectivity index (χ2v) is 7.01. The Kier molecular flexibility index (Phi) is 5.48. The molecule has 2 amide bonds. The Morgan fingerprint density at radius 1 is 1.33 bits per heavy atom. The van der Waals surface area contributed by atoms with Crippen LogP contribution in [0.3, 0.4) is 0 Å². The maximum absolute atomic E-state index is 12.6. The summed E-state index contributed by atoms with van der Waals surface area (Å²) in [6.45, 7) is 8.96. The van der Waals surface area contributed by atoms with Crippen molar-refractivity contribution in [3.8, 4) is 5.75 Å². The summed E-state index contributed by atoms with van der Waals surface area (Å²) in [4.78, 5) is 26.7. The SMILES string of the molecule is CCn1ncc(NC(=O)C2CC(=O)N(c3ccc(OC(C)C)cc3)C2)c1C. The highest BCUT2D eigenvalue weighted by molar-refractivity contribution is 6.03. The van der Waals surface area contributed by atoms with Gasteiger partial charge >= 0.3 is 0 Å². The van der Waals surface area contributed by atoms with Gasteiger partial charge in [-0.25, -0.2) is 0 Å². The molecule has 0 bridgehead atoms. The molecular weight excluding hydrogens is 344 g/mol. The number of nitrogens with one attached hydrogen (secondary N) is 1. The Hall–Kier alpha value is -2.83. The lowest BCUT2D eigenvalue weighted by molar-refractivity contribution is -0.122. The Morgan fingerprint density at radius 2 is 2.04 bits per heavy atom. The fourth-order valence-corrected chi connectivity index (χ4v) is 3.23. The van der Waals surface area contributed by atoms with Crippen LogP contribution in [0.5, 0.6) is 5.75 Å². The van der Waals surface area contributed by atoms with E-state index in [0.717, 1.165) is 23.7 Å². The minimum atomic E-state index is -0.381. The molecule has 27 heavy (non-hydrogen) atoms. The predicted octanol–water partition coefficient (Wildman–Crippen LogP) is 2.99. The number of carbonyl (C=O) groups excluding carboxylic acids is 2. The largest absolute Gasteiger partial charge is 0.491 e. The lowest BCUT2D eigenvalue weighted by atomic mass is 10.1. The van der Waals surface area contributed by atoms with Gasteiger partial charge in [-0.1, -0.05) is 0 Å². The van der Waals surface area contributed by atoms with Crippen LogP contribution in [0.4, 0.5) is 11.4 Å². The Labute approximate surface area is 159 Å². The van der Waals surface area contributed by atoms with Gasteiger partial charge in [0, 0.05) is 25.2 Å². The first kappa shape index (κ1) is 18.9. The van der Waals surface area contributed by atoms with Gasteiger partial charge in [0.2, 0.25) is 11.8 Å². The maximum atomic E-state index is 12.6. The van der Waals surface area contributed by atoms with Gasteiger partial charge in [0.25, 0.3) is 0 Å². The fraction of sp³-hybridized carbons (Fsp3) is 0.450. The first-order valence-electron chi connectivity index (χ1n) is 9.29. The molecule has 0 radical (unpaired) electrons. The number of benzene rings is 1. The van der Waals surface area contributed by atoms with Gasteiger partial charge < -0.3 is 15.0 Å². The molecule has 1 N–H and O–H groups in total. The molecule has 3 rings (SSSR count). The topological polar surface area (TPSA) is 76.5 Å². The highest BCUT2D eigenvalue weighted by Gasteiger charge is 2.35. The lowest BCUT2D eigenvalue weighted by Crippen LogP contribution is -2.28. The van der Waals surface area contributed by atoms with Crippen molar-refractivity contribution in [1.29, 1.82) is 0 Å². The van der Waals surface area contributed by atoms with Crippen molar-refractivity contribution in [2.45, 2.75) is 46.8 Å². The molecule has 1 aromatic heterocycles. The van der Waals surface area contributed by atoms with Crippen molar-refractivity contribution in [2.75, 3.05) is 16.8 Å². The second-order valence-electron chi connectivity index (χ2n) is 7.01. The molecule has 7 heteroatoms. The summed E-state index contributed by atoms with van der Waals surface area (Å²) < 4.78 is 7.45. The summed E-state index contributed by atoms with van der Waals surface area (Å²) in [6, 6.07) is 7.40. The Bertz CT molecular complexity index is 826. The zero-order valence-electron chi connectivity index (χ0n) is 16.2. The minimum Gasteiger partial charge on any atom is -0.491 e. The van der Waals surface area contributed by atoms with Gasteiger partial charge in [-0.15, -0.1) is 0 Å². The van der Waals surface area contributed by atoms with Crippen LogP contribution in [0, 0.1) is 12.8 Å². The van der Waals surface area contributed by atoms with E-state index in [1.807, 2.05) is 56.6 Å².